The fraction of sp³-hybridized carbons (Fsp3) is 0.323. The van der Waals surface area contributed by atoms with Gasteiger partial charge in [-0.25, -0.2) is 4.79 Å². The van der Waals surface area contributed by atoms with E-state index in [4.69, 9.17) is 10.5 Å². The van der Waals surface area contributed by atoms with Gasteiger partial charge < -0.3 is 25.8 Å². The Morgan fingerprint density at radius 1 is 1.05 bits per heavy atom. The molecule has 226 valence electrons. The first kappa shape index (κ1) is 31.4. The van der Waals surface area contributed by atoms with E-state index in [1.807, 2.05) is 60.7 Å². The minimum absolute atomic E-state index is 0.0277. The van der Waals surface area contributed by atoms with Crippen LogP contribution in [0.25, 0.3) is 0 Å². The van der Waals surface area contributed by atoms with Crippen molar-refractivity contribution in [2.45, 2.75) is 44.3 Å². The van der Waals surface area contributed by atoms with E-state index in [9.17, 15) is 24.3 Å². The molecule has 0 radical (unpaired) electrons. The SMILES string of the molecule is CCOC(=O)/N=C(\N)c1ccc(CNC(=O)[C@@H]2CCCN2C(=O)[C@H](NCC(=O)O)C(c2ccccc2)c2ccccc2)s1. The number of amidine groups is 1. The number of benzene rings is 2. The van der Waals surface area contributed by atoms with Gasteiger partial charge in [0, 0.05) is 17.3 Å². The second-order valence-corrected chi connectivity index (χ2v) is 11.1. The molecule has 1 aromatic heterocycles. The lowest BCUT2D eigenvalue weighted by Crippen LogP contribution is -2.55. The van der Waals surface area contributed by atoms with Crippen LogP contribution in [0.2, 0.25) is 0 Å². The Balaban J connectivity index is 1.51. The average molecular weight is 606 g/mol. The molecule has 5 N–H and O–H groups in total. The quantitative estimate of drug-likeness (QED) is 0.181. The number of amides is 3. The molecule has 0 saturated carbocycles. The molecule has 1 aliphatic rings. The van der Waals surface area contributed by atoms with E-state index in [1.54, 1.807) is 24.0 Å². The van der Waals surface area contributed by atoms with Crippen LogP contribution >= 0.6 is 11.3 Å². The molecule has 4 rings (SSSR count). The number of aliphatic imine (C=N–C) groups is 1. The molecular weight excluding hydrogens is 570 g/mol. The summed E-state index contributed by atoms with van der Waals surface area (Å²) in [7, 11) is 0. The number of carboxylic acid groups (broad SMARTS) is 1. The summed E-state index contributed by atoms with van der Waals surface area (Å²) in [5.74, 6) is -2.18. The Labute approximate surface area is 253 Å². The third-order valence-electron chi connectivity index (χ3n) is 7.06. The van der Waals surface area contributed by atoms with E-state index in [-0.39, 0.29) is 30.8 Å². The minimum atomic E-state index is -1.09. The van der Waals surface area contributed by atoms with Crippen LogP contribution in [0.1, 0.15) is 46.6 Å². The Kier molecular flexibility index (Phi) is 11.0. The molecule has 3 aromatic rings. The second-order valence-electron chi connectivity index (χ2n) is 9.92. The Morgan fingerprint density at radius 2 is 1.70 bits per heavy atom. The minimum Gasteiger partial charge on any atom is -0.480 e. The summed E-state index contributed by atoms with van der Waals surface area (Å²) in [6, 6.07) is 20.8. The Bertz CT molecular complexity index is 1410. The summed E-state index contributed by atoms with van der Waals surface area (Å²) < 4.78 is 4.79. The summed E-state index contributed by atoms with van der Waals surface area (Å²) >= 11 is 1.28. The summed E-state index contributed by atoms with van der Waals surface area (Å²) in [5.41, 5.74) is 7.61. The van der Waals surface area contributed by atoms with Gasteiger partial charge in [-0.2, -0.15) is 4.99 Å². The smallest absolute Gasteiger partial charge is 0.435 e. The zero-order valence-corrected chi connectivity index (χ0v) is 24.6. The van der Waals surface area contributed by atoms with E-state index in [0.29, 0.717) is 24.3 Å². The maximum atomic E-state index is 14.2. The monoisotopic (exact) mass is 605 g/mol. The van der Waals surface area contributed by atoms with Gasteiger partial charge in [-0.1, -0.05) is 60.7 Å². The van der Waals surface area contributed by atoms with E-state index in [1.165, 1.54) is 11.3 Å². The molecule has 3 amide bonds. The van der Waals surface area contributed by atoms with E-state index in [0.717, 1.165) is 16.0 Å². The summed E-state index contributed by atoms with van der Waals surface area (Å²) in [5, 5.41) is 15.3. The van der Waals surface area contributed by atoms with E-state index in [2.05, 4.69) is 15.6 Å². The van der Waals surface area contributed by atoms with Gasteiger partial charge in [0.1, 0.15) is 11.9 Å². The number of carbonyl (C=O) groups excluding carboxylic acids is 3. The fourth-order valence-corrected chi connectivity index (χ4v) is 5.99. The molecule has 1 fully saturated rings. The van der Waals surface area contributed by atoms with Crippen molar-refractivity contribution < 1.29 is 29.0 Å². The lowest BCUT2D eigenvalue weighted by Gasteiger charge is -2.33. The number of carbonyl (C=O) groups is 4. The number of nitrogens with two attached hydrogens (primary N) is 1. The van der Waals surface area contributed by atoms with Crippen molar-refractivity contribution in [2.24, 2.45) is 10.7 Å². The highest BCUT2D eigenvalue weighted by atomic mass is 32.1. The fourth-order valence-electron chi connectivity index (χ4n) is 5.14. The number of likely N-dealkylation sites (tertiary alicyclic amines) is 1. The lowest BCUT2D eigenvalue weighted by molar-refractivity contribution is -0.141. The van der Waals surface area contributed by atoms with Gasteiger partial charge in [-0.05, 0) is 43.0 Å². The van der Waals surface area contributed by atoms with Crippen molar-refractivity contribution in [3.05, 3.63) is 93.7 Å². The summed E-state index contributed by atoms with van der Waals surface area (Å²) in [4.78, 5) is 57.3. The standard InChI is InChI=1S/C31H35N5O6S/c1-2-42-31(41)35-28(32)24-16-15-22(43-24)18-34-29(39)23-14-9-17-36(23)30(40)27(33-19-25(37)38)26(20-10-5-3-6-11-20)21-12-7-4-8-13-21/h3-8,10-13,15-16,23,26-27,33H,2,9,14,17-19H2,1H3,(H,34,39)(H,37,38)(H2,32,35,41)/t23-,27+/m0/s1. The lowest BCUT2D eigenvalue weighted by atomic mass is 9.84. The van der Waals surface area contributed by atoms with Gasteiger partial charge in [-0.3, -0.25) is 19.7 Å². The van der Waals surface area contributed by atoms with E-state index < -0.39 is 36.6 Å². The molecule has 1 saturated heterocycles. The van der Waals surface area contributed by atoms with Crippen LogP contribution < -0.4 is 16.4 Å². The summed E-state index contributed by atoms with van der Waals surface area (Å²) in [6.07, 6.45) is 0.354. The second kappa shape index (κ2) is 15.1. The molecule has 43 heavy (non-hydrogen) atoms. The number of nitrogens with zero attached hydrogens (tertiary/aromatic N) is 2. The number of carboxylic acids is 1. The molecule has 2 aromatic carbocycles. The maximum Gasteiger partial charge on any atom is 0.435 e. The topological polar surface area (TPSA) is 163 Å². The number of hydrogen-bond acceptors (Lipinski definition) is 7. The van der Waals surface area contributed by atoms with Crippen LogP contribution in [0.4, 0.5) is 4.79 Å². The number of ether oxygens (including phenoxy) is 1. The van der Waals surface area contributed by atoms with Crippen molar-refractivity contribution in [1.29, 1.82) is 0 Å². The number of hydrogen-bond donors (Lipinski definition) is 4. The van der Waals surface area contributed by atoms with Gasteiger partial charge in [-0.15, -0.1) is 11.3 Å². The third-order valence-corrected chi connectivity index (χ3v) is 8.17. The van der Waals surface area contributed by atoms with Crippen LogP contribution in [-0.2, 0) is 25.7 Å². The zero-order valence-electron chi connectivity index (χ0n) is 23.8. The molecule has 12 heteroatoms. The predicted octanol–water partition coefficient (Wildman–Crippen LogP) is 3.09. The number of rotatable bonds is 12. The van der Waals surface area contributed by atoms with Crippen molar-refractivity contribution in [3.8, 4) is 0 Å². The number of thiophene rings is 1. The molecule has 1 aliphatic heterocycles. The van der Waals surface area contributed by atoms with Gasteiger partial charge in [0.15, 0.2) is 0 Å². The van der Waals surface area contributed by atoms with Crippen LogP contribution in [0, 0.1) is 0 Å². The average Bonchev–Trinajstić information content (AvgIpc) is 3.69. The van der Waals surface area contributed by atoms with Crippen LogP contribution in [-0.4, -0.2) is 71.5 Å². The molecule has 0 spiro atoms. The molecule has 0 unspecified atom stereocenters. The van der Waals surface area contributed by atoms with Crippen molar-refractivity contribution in [1.82, 2.24) is 15.5 Å². The number of aliphatic carboxylic acids is 1. The molecule has 2 heterocycles. The normalized spacial score (nSPS) is 15.7. The largest absolute Gasteiger partial charge is 0.480 e. The van der Waals surface area contributed by atoms with Gasteiger partial charge in [0.2, 0.25) is 11.8 Å². The van der Waals surface area contributed by atoms with Gasteiger partial charge in [0.05, 0.1) is 30.6 Å². The maximum absolute atomic E-state index is 14.2. The van der Waals surface area contributed by atoms with E-state index >= 15 is 0 Å². The first-order valence-electron chi connectivity index (χ1n) is 14.0. The zero-order chi connectivity index (χ0) is 30.8. The highest BCUT2D eigenvalue weighted by molar-refractivity contribution is 7.14. The van der Waals surface area contributed by atoms with Crippen LogP contribution in [0.5, 0.6) is 0 Å². The van der Waals surface area contributed by atoms with Gasteiger partial charge >= 0.3 is 12.1 Å². The van der Waals surface area contributed by atoms with Crippen LogP contribution in [0.15, 0.2) is 77.8 Å². The highest BCUT2D eigenvalue weighted by Crippen LogP contribution is 2.31. The first-order chi connectivity index (χ1) is 20.8. The highest BCUT2D eigenvalue weighted by Gasteiger charge is 2.40. The Hall–Kier alpha value is -4.55. The molecule has 11 nitrogen and oxygen atoms in total. The molecule has 0 aliphatic carbocycles. The first-order valence-corrected chi connectivity index (χ1v) is 14.8. The number of nitrogens with one attached hydrogen (secondary N) is 2. The third kappa shape index (κ3) is 8.27. The molecular formula is C31H35N5O6S. The Morgan fingerprint density at radius 3 is 2.30 bits per heavy atom. The van der Waals surface area contributed by atoms with Crippen LogP contribution in [0.3, 0.4) is 0 Å². The van der Waals surface area contributed by atoms with Crippen molar-refractivity contribution in [2.75, 3.05) is 19.7 Å². The van der Waals surface area contributed by atoms with Crippen molar-refractivity contribution >= 4 is 41.0 Å². The molecule has 2 atom stereocenters. The van der Waals surface area contributed by atoms with Gasteiger partial charge in [0.25, 0.3) is 0 Å². The van der Waals surface area contributed by atoms with Crippen molar-refractivity contribution in [3.63, 3.8) is 0 Å². The summed E-state index contributed by atoms with van der Waals surface area (Å²) in [6.45, 7) is 2.02. The molecule has 0 bridgehead atoms. The predicted molar refractivity (Wildman–Crippen MR) is 163 cm³/mol.